The van der Waals surface area contributed by atoms with Crippen LogP contribution in [0, 0.1) is 11.6 Å². The van der Waals surface area contributed by atoms with Crippen LogP contribution < -0.4 is 9.44 Å². The zero-order chi connectivity index (χ0) is 20.4. The van der Waals surface area contributed by atoms with Crippen LogP contribution in [-0.2, 0) is 26.6 Å². The van der Waals surface area contributed by atoms with E-state index in [0.717, 1.165) is 24.3 Å². The van der Waals surface area contributed by atoms with E-state index in [2.05, 4.69) is 4.72 Å². The number of rotatable bonds is 7. The van der Waals surface area contributed by atoms with Crippen LogP contribution >= 0.6 is 0 Å². The fourth-order valence-electron chi connectivity index (χ4n) is 2.33. The predicted molar refractivity (Wildman–Crippen MR) is 96.3 cm³/mol. The van der Waals surface area contributed by atoms with E-state index in [9.17, 15) is 25.6 Å². The van der Waals surface area contributed by atoms with Crippen LogP contribution in [0.3, 0.4) is 0 Å². The van der Waals surface area contributed by atoms with Crippen molar-refractivity contribution in [3.05, 3.63) is 78.3 Å². The van der Waals surface area contributed by atoms with E-state index in [0.29, 0.717) is 5.76 Å². The number of sulfonamides is 2. The van der Waals surface area contributed by atoms with Crippen LogP contribution in [0.4, 0.5) is 14.5 Å². The molecule has 148 valence electrons. The fraction of sp³-hybridized carbons (Fsp3) is 0.0588. The summed E-state index contributed by atoms with van der Waals surface area (Å²) in [6.45, 7) is -0.105. The molecule has 0 aliphatic carbocycles. The third kappa shape index (κ3) is 4.38. The van der Waals surface area contributed by atoms with Crippen LogP contribution in [0.25, 0.3) is 0 Å². The first-order valence-corrected chi connectivity index (χ1v) is 10.7. The molecule has 0 spiro atoms. The van der Waals surface area contributed by atoms with Crippen LogP contribution in [0.2, 0.25) is 0 Å². The predicted octanol–water partition coefficient (Wildman–Crippen LogP) is 2.84. The molecule has 1 aromatic heterocycles. The Morgan fingerprint density at radius 3 is 2.18 bits per heavy atom. The lowest BCUT2D eigenvalue weighted by molar-refractivity contribution is 0.498. The van der Waals surface area contributed by atoms with Crippen molar-refractivity contribution in [1.29, 1.82) is 0 Å². The lowest BCUT2D eigenvalue weighted by atomic mass is 10.3. The van der Waals surface area contributed by atoms with E-state index < -0.39 is 36.6 Å². The van der Waals surface area contributed by atoms with E-state index in [1.54, 1.807) is 12.1 Å². The van der Waals surface area contributed by atoms with Crippen LogP contribution in [0.1, 0.15) is 5.76 Å². The number of halogens is 2. The third-order valence-corrected chi connectivity index (χ3v) is 6.43. The molecule has 0 saturated carbocycles. The second-order valence-electron chi connectivity index (χ2n) is 5.59. The monoisotopic (exact) mass is 428 g/mol. The topological polar surface area (TPSA) is 105 Å². The van der Waals surface area contributed by atoms with E-state index in [-0.39, 0.29) is 17.1 Å². The first-order valence-electron chi connectivity index (χ1n) is 7.78. The summed E-state index contributed by atoms with van der Waals surface area (Å²) in [5.74, 6) is -2.15. The summed E-state index contributed by atoms with van der Waals surface area (Å²) in [4.78, 5) is -1.40. The molecule has 0 aliphatic rings. The number of furan rings is 1. The number of hydrogen-bond acceptors (Lipinski definition) is 5. The van der Waals surface area contributed by atoms with Crippen molar-refractivity contribution in [3.8, 4) is 0 Å². The van der Waals surface area contributed by atoms with Gasteiger partial charge in [0.05, 0.1) is 23.4 Å². The third-order valence-electron chi connectivity index (χ3n) is 3.60. The van der Waals surface area contributed by atoms with Gasteiger partial charge in [-0.05, 0) is 42.5 Å². The molecule has 0 radical (unpaired) electrons. The zero-order valence-electron chi connectivity index (χ0n) is 14.1. The maximum absolute atomic E-state index is 13.8. The summed E-state index contributed by atoms with van der Waals surface area (Å²) >= 11 is 0. The molecule has 0 bridgehead atoms. The van der Waals surface area contributed by atoms with Gasteiger partial charge in [-0.2, -0.15) is 0 Å². The highest BCUT2D eigenvalue weighted by atomic mass is 32.2. The van der Waals surface area contributed by atoms with Gasteiger partial charge in [0.2, 0.25) is 10.0 Å². The molecule has 0 fully saturated rings. The van der Waals surface area contributed by atoms with Gasteiger partial charge in [0.25, 0.3) is 10.0 Å². The van der Waals surface area contributed by atoms with E-state index in [1.807, 2.05) is 4.72 Å². The standard InChI is InChI=1S/C17H14F2N2O5S2/c18-15-7-2-8-16(19)17(15)28(24,25)21-12-4-1-6-14(10-12)27(22,23)20-11-13-5-3-9-26-13/h1-10,20-21H,11H2. The van der Waals surface area contributed by atoms with E-state index >= 15 is 0 Å². The molecular formula is C17H14F2N2O5S2. The van der Waals surface area contributed by atoms with Crippen molar-refractivity contribution >= 4 is 25.7 Å². The van der Waals surface area contributed by atoms with Gasteiger partial charge in [0.1, 0.15) is 17.4 Å². The highest BCUT2D eigenvalue weighted by Gasteiger charge is 2.24. The Kier molecular flexibility index (Phi) is 5.49. The lowest BCUT2D eigenvalue weighted by Crippen LogP contribution is -2.23. The second kappa shape index (κ2) is 7.70. The number of hydrogen-bond donors (Lipinski definition) is 2. The number of anilines is 1. The minimum atomic E-state index is -4.61. The molecule has 7 nitrogen and oxygen atoms in total. The molecule has 0 amide bonds. The van der Waals surface area contributed by atoms with Crippen molar-refractivity contribution in [2.24, 2.45) is 0 Å². The summed E-state index contributed by atoms with van der Waals surface area (Å²) in [5, 5.41) is 0. The van der Waals surface area contributed by atoms with E-state index in [1.165, 1.54) is 24.5 Å². The molecule has 0 atom stereocenters. The van der Waals surface area contributed by atoms with Gasteiger partial charge >= 0.3 is 0 Å². The molecule has 0 aliphatic heterocycles. The Bertz CT molecular complexity index is 1170. The maximum Gasteiger partial charge on any atom is 0.267 e. The second-order valence-corrected chi connectivity index (χ2v) is 8.97. The Balaban J connectivity index is 1.85. The van der Waals surface area contributed by atoms with Gasteiger partial charge in [0, 0.05) is 0 Å². The summed E-state index contributed by atoms with van der Waals surface area (Å²) < 4.78 is 86.3. The van der Waals surface area contributed by atoms with Gasteiger partial charge in [0.15, 0.2) is 4.90 Å². The van der Waals surface area contributed by atoms with Gasteiger partial charge in [-0.15, -0.1) is 0 Å². The highest BCUT2D eigenvalue weighted by Crippen LogP contribution is 2.23. The average Bonchev–Trinajstić information content (AvgIpc) is 3.13. The Morgan fingerprint density at radius 1 is 0.857 bits per heavy atom. The van der Waals surface area contributed by atoms with Crippen LogP contribution in [0.5, 0.6) is 0 Å². The quantitative estimate of drug-likeness (QED) is 0.602. The molecule has 2 N–H and O–H groups in total. The summed E-state index contributed by atoms with van der Waals surface area (Å²) in [6.07, 6.45) is 1.39. The molecule has 2 aromatic carbocycles. The van der Waals surface area contributed by atoms with Gasteiger partial charge in [-0.25, -0.2) is 30.3 Å². The van der Waals surface area contributed by atoms with Crippen LogP contribution in [-0.4, -0.2) is 16.8 Å². The largest absolute Gasteiger partial charge is 0.468 e. The van der Waals surface area contributed by atoms with Crippen molar-refractivity contribution in [1.82, 2.24) is 4.72 Å². The molecule has 11 heteroatoms. The molecule has 3 aromatic rings. The minimum absolute atomic E-state index is 0.105. The Hall–Kier alpha value is -2.76. The first kappa shape index (κ1) is 20.0. The smallest absolute Gasteiger partial charge is 0.267 e. The number of nitrogens with one attached hydrogen (secondary N) is 2. The summed E-state index contributed by atoms with van der Waals surface area (Å²) in [5.41, 5.74) is -0.177. The van der Waals surface area contributed by atoms with Crippen molar-refractivity contribution in [2.45, 2.75) is 16.3 Å². The first-order chi connectivity index (χ1) is 13.2. The fourth-order valence-corrected chi connectivity index (χ4v) is 4.56. The molecule has 0 saturated heterocycles. The molecule has 0 unspecified atom stereocenters. The normalized spacial score (nSPS) is 12.1. The highest BCUT2D eigenvalue weighted by molar-refractivity contribution is 7.92. The zero-order valence-corrected chi connectivity index (χ0v) is 15.7. The molecule has 28 heavy (non-hydrogen) atoms. The van der Waals surface area contributed by atoms with Crippen molar-refractivity contribution in [2.75, 3.05) is 4.72 Å². The lowest BCUT2D eigenvalue weighted by Gasteiger charge is -2.11. The number of benzene rings is 2. The Morgan fingerprint density at radius 2 is 1.54 bits per heavy atom. The van der Waals surface area contributed by atoms with Gasteiger partial charge in [-0.3, -0.25) is 4.72 Å². The Labute approximate surface area is 160 Å². The molecule has 3 rings (SSSR count). The SMILES string of the molecule is O=S(=O)(NCc1ccco1)c1cccc(NS(=O)(=O)c2c(F)cccc2F)c1. The minimum Gasteiger partial charge on any atom is -0.468 e. The van der Waals surface area contributed by atoms with Gasteiger partial charge < -0.3 is 4.42 Å². The molecular weight excluding hydrogens is 414 g/mol. The summed E-state index contributed by atoms with van der Waals surface area (Å²) in [6, 6.07) is 10.6. The van der Waals surface area contributed by atoms with Gasteiger partial charge in [-0.1, -0.05) is 12.1 Å². The van der Waals surface area contributed by atoms with E-state index in [4.69, 9.17) is 4.42 Å². The molecule has 1 heterocycles. The average molecular weight is 428 g/mol. The van der Waals surface area contributed by atoms with Crippen LogP contribution in [0.15, 0.2) is 75.1 Å². The summed E-state index contributed by atoms with van der Waals surface area (Å²) in [7, 11) is -8.60. The van der Waals surface area contributed by atoms with Crippen molar-refractivity contribution < 1.29 is 30.0 Å². The van der Waals surface area contributed by atoms with Crippen molar-refractivity contribution in [3.63, 3.8) is 0 Å². The maximum atomic E-state index is 13.8.